The molecular formula is C22H25NO6. The zero-order chi connectivity index (χ0) is 21.2. The molecule has 0 saturated carbocycles. The van der Waals surface area contributed by atoms with Crippen LogP contribution in [0.1, 0.15) is 34.8 Å². The summed E-state index contributed by atoms with van der Waals surface area (Å²) in [5, 5.41) is 0. The number of hydrogen-bond donors (Lipinski definition) is 1. The van der Waals surface area contributed by atoms with Gasteiger partial charge in [-0.05, 0) is 61.0 Å². The fourth-order valence-electron chi connectivity index (χ4n) is 2.69. The van der Waals surface area contributed by atoms with Gasteiger partial charge in [-0.2, -0.15) is 0 Å². The summed E-state index contributed by atoms with van der Waals surface area (Å²) in [4.78, 5) is 29.9. The predicted molar refractivity (Wildman–Crippen MR) is 109 cm³/mol. The van der Waals surface area contributed by atoms with Crippen LogP contribution in [0.25, 0.3) is 6.08 Å². The molecule has 0 bridgehead atoms. The average Bonchev–Trinajstić information content (AvgIpc) is 2.73. The van der Waals surface area contributed by atoms with Crippen molar-refractivity contribution in [3.8, 4) is 11.5 Å². The van der Waals surface area contributed by atoms with Crippen molar-refractivity contribution in [3.05, 3.63) is 64.9 Å². The highest BCUT2D eigenvalue weighted by Crippen LogP contribution is 2.24. The third-order valence-corrected chi connectivity index (χ3v) is 4.06. The van der Waals surface area contributed by atoms with Crippen LogP contribution in [0.15, 0.2) is 48.2 Å². The summed E-state index contributed by atoms with van der Waals surface area (Å²) in [5.74, 6) is 0.663. The number of carbonyl (C=O) groups is 2. The van der Waals surface area contributed by atoms with Crippen molar-refractivity contribution in [2.24, 2.45) is 0 Å². The maximum absolute atomic E-state index is 13.1. The molecule has 1 N–H and O–H groups in total. The van der Waals surface area contributed by atoms with Crippen molar-refractivity contribution in [2.75, 3.05) is 27.9 Å². The Bertz CT molecular complexity index is 873. The normalized spacial score (nSPS) is 11.0. The van der Waals surface area contributed by atoms with Gasteiger partial charge < -0.3 is 14.2 Å². The highest BCUT2D eigenvalue weighted by molar-refractivity contribution is 6.11. The number of hydroxylamine groups is 1. The molecule has 0 atom stereocenters. The molecule has 0 heterocycles. The second kappa shape index (κ2) is 10.9. The molecule has 0 aromatic heterocycles. The van der Waals surface area contributed by atoms with E-state index in [4.69, 9.17) is 19.0 Å². The van der Waals surface area contributed by atoms with E-state index < -0.39 is 5.97 Å². The van der Waals surface area contributed by atoms with Crippen LogP contribution in [0, 0.1) is 0 Å². The SMILES string of the molecule is CCOC(=O)CC(=Cc1cc(OC)ccc1C(=O)c1ccc(OC)cc1)NOC. The van der Waals surface area contributed by atoms with Crippen LogP contribution in [0.5, 0.6) is 11.5 Å². The molecule has 0 saturated heterocycles. The predicted octanol–water partition coefficient (Wildman–Crippen LogP) is 3.38. The van der Waals surface area contributed by atoms with Crippen LogP contribution in [0.4, 0.5) is 0 Å². The Balaban J connectivity index is 2.45. The topological polar surface area (TPSA) is 83.1 Å². The Hall–Kier alpha value is -3.32. The van der Waals surface area contributed by atoms with Crippen molar-refractivity contribution in [1.82, 2.24) is 5.48 Å². The van der Waals surface area contributed by atoms with Gasteiger partial charge >= 0.3 is 5.97 Å². The maximum atomic E-state index is 13.1. The number of carbonyl (C=O) groups excluding carboxylic acids is 2. The Labute approximate surface area is 170 Å². The van der Waals surface area contributed by atoms with E-state index in [1.807, 2.05) is 0 Å². The second-order valence-corrected chi connectivity index (χ2v) is 5.97. The summed E-state index contributed by atoms with van der Waals surface area (Å²) in [5.41, 5.74) is 4.66. The lowest BCUT2D eigenvalue weighted by Gasteiger charge is -2.12. The lowest BCUT2D eigenvalue weighted by molar-refractivity contribution is -0.142. The summed E-state index contributed by atoms with van der Waals surface area (Å²) < 4.78 is 15.4. The summed E-state index contributed by atoms with van der Waals surface area (Å²) in [6.07, 6.45) is 1.63. The fraction of sp³-hybridized carbons (Fsp3) is 0.273. The van der Waals surface area contributed by atoms with Gasteiger partial charge in [0.2, 0.25) is 0 Å². The van der Waals surface area contributed by atoms with Gasteiger partial charge in [0, 0.05) is 16.8 Å². The lowest BCUT2D eigenvalue weighted by atomic mass is 9.97. The van der Waals surface area contributed by atoms with Gasteiger partial charge in [-0.15, -0.1) is 0 Å². The third kappa shape index (κ3) is 6.08. The molecule has 2 aromatic carbocycles. The van der Waals surface area contributed by atoms with Crippen molar-refractivity contribution in [3.63, 3.8) is 0 Å². The number of ether oxygens (including phenoxy) is 3. The van der Waals surface area contributed by atoms with E-state index in [0.29, 0.717) is 33.9 Å². The Morgan fingerprint density at radius 3 is 2.21 bits per heavy atom. The Kier molecular flexibility index (Phi) is 8.24. The molecule has 0 radical (unpaired) electrons. The van der Waals surface area contributed by atoms with Crippen molar-refractivity contribution in [2.45, 2.75) is 13.3 Å². The molecule has 0 spiro atoms. The molecular weight excluding hydrogens is 374 g/mol. The second-order valence-electron chi connectivity index (χ2n) is 5.97. The van der Waals surface area contributed by atoms with E-state index in [1.165, 1.54) is 7.11 Å². The number of hydrogen-bond acceptors (Lipinski definition) is 7. The first-order chi connectivity index (χ1) is 14.0. The first-order valence-electron chi connectivity index (χ1n) is 9.04. The minimum Gasteiger partial charge on any atom is -0.497 e. The van der Waals surface area contributed by atoms with Gasteiger partial charge in [-0.25, -0.2) is 0 Å². The van der Waals surface area contributed by atoms with E-state index in [1.54, 1.807) is 69.7 Å². The van der Waals surface area contributed by atoms with Crippen LogP contribution in [0.3, 0.4) is 0 Å². The van der Waals surface area contributed by atoms with E-state index in [2.05, 4.69) is 5.48 Å². The van der Waals surface area contributed by atoms with Crippen LogP contribution < -0.4 is 15.0 Å². The minimum absolute atomic E-state index is 0.0327. The summed E-state index contributed by atoms with van der Waals surface area (Å²) in [7, 11) is 4.55. The van der Waals surface area contributed by atoms with Gasteiger partial charge in [-0.3, -0.25) is 19.9 Å². The monoisotopic (exact) mass is 399 g/mol. The molecule has 7 heteroatoms. The molecule has 0 aliphatic carbocycles. The first-order valence-corrected chi connectivity index (χ1v) is 9.04. The minimum atomic E-state index is -0.408. The van der Waals surface area contributed by atoms with Crippen molar-refractivity contribution >= 4 is 17.8 Å². The number of methoxy groups -OCH3 is 2. The molecule has 2 aromatic rings. The summed E-state index contributed by atoms with van der Waals surface area (Å²) in [6.45, 7) is 2.01. The third-order valence-electron chi connectivity index (χ3n) is 4.06. The van der Waals surface area contributed by atoms with Gasteiger partial charge in [-0.1, -0.05) is 0 Å². The zero-order valence-electron chi connectivity index (χ0n) is 17.0. The Morgan fingerprint density at radius 2 is 1.62 bits per heavy atom. The molecule has 2 rings (SSSR count). The Morgan fingerprint density at radius 1 is 0.966 bits per heavy atom. The average molecular weight is 399 g/mol. The van der Waals surface area contributed by atoms with Crippen LogP contribution in [0.2, 0.25) is 0 Å². The molecule has 7 nitrogen and oxygen atoms in total. The van der Waals surface area contributed by atoms with Gasteiger partial charge in [0.05, 0.1) is 34.4 Å². The quantitative estimate of drug-likeness (QED) is 0.372. The molecule has 154 valence electrons. The summed E-state index contributed by atoms with van der Waals surface area (Å²) in [6, 6.07) is 12.0. The van der Waals surface area contributed by atoms with Gasteiger partial charge in [0.15, 0.2) is 5.78 Å². The highest BCUT2D eigenvalue weighted by atomic mass is 16.6. The van der Waals surface area contributed by atoms with Crippen molar-refractivity contribution < 1.29 is 28.6 Å². The molecule has 0 aliphatic heterocycles. The van der Waals surface area contributed by atoms with Crippen LogP contribution >= 0.6 is 0 Å². The highest BCUT2D eigenvalue weighted by Gasteiger charge is 2.16. The largest absolute Gasteiger partial charge is 0.497 e. The summed E-state index contributed by atoms with van der Waals surface area (Å²) >= 11 is 0. The molecule has 0 fully saturated rings. The standard InChI is InChI=1S/C22H25NO6/c1-5-29-21(24)14-17(23-28-4)12-16-13-19(27-3)10-11-20(16)22(25)15-6-8-18(26-2)9-7-15/h6-13,23H,5,14H2,1-4H3. The number of nitrogens with one attached hydrogen (secondary N) is 1. The molecule has 29 heavy (non-hydrogen) atoms. The van der Waals surface area contributed by atoms with E-state index >= 15 is 0 Å². The molecule has 0 amide bonds. The van der Waals surface area contributed by atoms with Crippen LogP contribution in [-0.4, -0.2) is 39.7 Å². The first kappa shape index (κ1) is 22.0. The number of rotatable bonds is 10. The van der Waals surface area contributed by atoms with Crippen LogP contribution in [-0.2, 0) is 14.4 Å². The van der Waals surface area contributed by atoms with Crippen molar-refractivity contribution in [1.29, 1.82) is 0 Å². The molecule has 0 unspecified atom stereocenters. The van der Waals surface area contributed by atoms with Gasteiger partial charge in [0.1, 0.15) is 11.5 Å². The van der Waals surface area contributed by atoms with E-state index in [-0.39, 0.29) is 18.8 Å². The zero-order valence-corrected chi connectivity index (χ0v) is 17.0. The number of ketones is 1. The van der Waals surface area contributed by atoms with E-state index in [9.17, 15) is 9.59 Å². The number of benzene rings is 2. The number of esters is 1. The maximum Gasteiger partial charge on any atom is 0.311 e. The lowest BCUT2D eigenvalue weighted by Crippen LogP contribution is -2.16. The van der Waals surface area contributed by atoms with E-state index in [0.717, 1.165) is 0 Å². The molecule has 0 aliphatic rings. The van der Waals surface area contributed by atoms with Gasteiger partial charge in [0.25, 0.3) is 0 Å². The smallest absolute Gasteiger partial charge is 0.311 e. The fourth-order valence-corrected chi connectivity index (χ4v) is 2.69.